The molecule has 0 saturated carbocycles. The first-order chi connectivity index (χ1) is 14.4. The van der Waals surface area contributed by atoms with Crippen LogP contribution in [0.2, 0.25) is 0 Å². The fourth-order valence-corrected chi connectivity index (χ4v) is 3.87. The van der Waals surface area contributed by atoms with E-state index in [9.17, 15) is 9.59 Å². The first-order valence-corrected chi connectivity index (χ1v) is 10.3. The van der Waals surface area contributed by atoms with Gasteiger partial charge in [-0.25, -0.2) is 9.59 Å². The lowest BCUT2D eigenvalue weighted by Crippen LogP contribution is -2.41. The van der Waals surface area contributed by atoms with Gasteiger partial charge in [-0.2, -0.15) is 0 Å². The summed E-state index contributed by atoms with van der Waals surface area (Å²) < 4.78 is 5.88. The second-order valence-corrected chi connectivity index (χ2v) is 8.14. The van der Waals surface area contributed by atoms with Gasteiger partial charge in [0.25, 0.3) is 0 Å². The van der Waals surface area contributed by atoms with E-state index in [1.807, 2.05) is 42.5 Å². The number of hydrogen-bond acceptors (Lipinski definition) is 5. The molecule has 2 aromatic carbocycles. The molecule has 0 aliphatic rings. The number of aromatic amines is 2. The van der Waals surface area contributed by atoms with Crippen LogP contribution >= 0.6 is 15.9 Å². The Morgan fingerprint density at radius 3 is 2.10 bits per heavy atom. The molecular formula is C22H21BrN4O3. The molecule has 0 fully saturated rings. The predicted molar refractivity (Wildman–Crippen MR) is 119 cm³/mol. The van der Waals surface area contributed by atoms with Crippen LogP contribution in [0.1, 0.15) is 11.1 Å². The number of hydrogen-bond donors (Lipinski definition) is 4. The molecule has 0 bridgehead atoms. The Labute approximate surface area is 180 Å². The highest BCUT2D eigenvalue weighted by Gasteiger charge is 2.25. The summed E-state index contributed by atoms with van der Waals surface area (Å²) in [6.07, 6.45) is 4.09. The van der Waals surface area contributed by atoms with E-state index in [1.54, 1.807) is 12.4 Å². The molecule has 2 aromatic heterocycles. The van der Waals surface area contributed by atoms with E-state index in [4.69, 9.17) is 16.2 Å². The van der Waals surface area contributed by atoms with Crippen molar-refractivity contribution in [2.45, 2.75) is 24.9 Å². The van der Waals surface area contributed by atoms with Crippen LogP contribution in [-0.2, 0) is 27.2 Å². The molecule has 30 heavy (non-hydrogen) atoms. The zero-order valence-electron chi connectivity index (χ0n) is 16.0. The van der Waals surface area contributed by atoms with Gasteiger partial charge in [-0.05, 0) is 35.4 Å². The van der Waals surface area contributed by atoms with E-state index in [-0.39, 0.29) is 12.8 Å². The minimum atomic E-state index is -0.979. The fourth-order valence-electron chi connectivity index (χ4n) is 3.51. The van der Waals surface area contributed by atoms with E-state index in [1.165, 1.54) is 0 Å². The lowest BCUT2D eigenvalue weighted by Gasteiger charge is -2.13. The van der Waals surface area contributed by atoms with Gasteiger partial charge in [0.2, 0.25) is 0 Å². The van der Waals surface area contributed by atoms with Crippen molar-refractivity contribution in [2.75, 3.05) is 0 Å². The molecule has 0 unspecified atom stereocenters. The standard InChI is InChI=1S/C22H21BrN4O3/c23-14-5-6-20-16(9-14)13(11-27-20)8-18(25)22(29)30-21(28)17(24)7-12-10-26-19-4-2-1-3-15(12)19/h1-6,9-11,17-18,26-27H,7-8,24-25H2/t17-,18-/m1/s1. The van der Waals surface area contributed by atoms with Gasteiger partial charge in [0.05, 0.1) is 0 Å². The molecule has 4 rings (SSSR count). The van der Waals surface area contributed by atoms with Crippen molar-refractivity contribution in [1.29, 1.82) is 0 Å². The van der Waals surface area contributed by atoms with Crippen molar-refractivity contribution < 1.29 is 14.3 Å². The number of carbonyl (C=O) groups is 2. The minimum absolute atomic E-state index is 0.236. The number of rotatable bonds is 6. The number of halogens is 1. The van der Waals surface area contributed by atoms with Crippen LogP contribution < -0.4 is 11.5 Å². The van der Waals surface area contributed by atoms with Crippen LogP contribution in [0.25, 0.3) is 21.8 Å². The molecule has 0 radical (unpaired) electrons. The third kappa shape index (κ3) is 4.16. The Kier molecular flexibility index (Phi) is 5.72. The van der Waals surface area contributed by atoms with Crippen molar-refractivity contribution >= 4 is 49.7 Å². The second-order valence-electron chi connectivity index (χ2n) is 7.22. The van der Waals surface area contributed by atoms with Crippen molar-refractivity contribution in [3.63, 3.8) is 0 Å². The predicted octanol–water partition coefficient (Wildman–Crippen LogP) is 2.92. The molecule has 8 heteroatoms. The molecule has 0 amide bonds. The summed E-state index contributed by atoms with van der Waals surface area (Å²) in [5.74, 6) is -1.58. The quantitative estimate of drug-likeness (QED) is 0.255. The SMILES string of the molecule is N[C@H](Cc1c[nH]c2ccccc12)C(=O)OC(=O)[C@H](N)Cc1c[nH]c2ccc(Br)cc12. The van der Waals surface area contributed by atoms with Crippen LogP contribution in [0.3, 0.4) is 0 Å². The summed E-state index contributed by atoms with van der Waals surface area (Å²) in [4.78, 5) is 31.0. The molecule has 0 saturated heterocycles. The number of nitrogens with two attached hydrogens (primary N) is 2. The Hall–Kier alpha value is -2.94. The molecule has 0 aliphatic heterocycles. The second kappa shape index (κ2) is 8.43. The number of ether oxygens (including phenoxy) is 1. The summed E-state index contributed by atoms with van der Waals surface area (Å²) in [5, 5.41) is 1.93. The maximum Gasteiger partial charge on any atom is 0.330 e. The van der Waals surface area contributed by atoms with Gasteiger partial charge in [-0.15, -0.1) is 0 Å². The number of esters is 2. The lowest BCUT2D eigenvalue weighted by atomic mass is 10.0. The van der Waals surface area contributed by atoms with Crippen LogP contribution in [0.4, 0.5) is 0 Å². The molecule has 154 valence electrons. The van der Waals surface area contributed by atoms with Gasteiger partial charge in [0.1, 0.15) is 12.1 Å². The Morgan fingerprint density at radius 2 is 1.43 bits per heavy atom. The van der Waals surface area contributed by atoms with Gasteiger partial charge < -0.3 is 26.2 Å². The minimum Gasteiger partial charge on any atom is -0.391 e. The van der Waals surface area contributed by atoms with Crippen LogP contribution in [0.5, 0.6) is 0 Å². The summed E-state index contributed by atoms with van der Waals surface area (Å²) in [7, 11) is 0. The van der Waals surface area contributed by atoms with Crippen molar-refractivity contribution in [3.8, 4) is 0 Å². The van der Waals surface area contributed by atoms with E-state index in [0.29, 0.717) is 0 Å². The van der Waals surface area contributed by atoms with E-state index < -0.39 is 24.0 Å². The topological polar surface area (TPSA) is 127 Å². The molecule has 6 N–H and O–H groups in total. The van der Waals surface area contributed by atoms with Crippen molar-refractivity contribution in [2.24, 2.45) is 11.5 Å². The molecule has 7 nitrogen and oxygen atoms in total. The summed E-state index contributed by atoms with van der Waals surface area (Å²) in [5.41, 5.74) is 15.6. The Balaban J connectivity index is 1.38. The molecule has 2 heterocycles. The zero-order valence-corrected chi connectivity index (χ0v) is 17.6. The monoisotopic (exact) mass is 468 g/mol. The number of fused-ring (bicyclic) bond motifs is 2. The Morgan fingerprint density at radius 1 is 0.867 bits per heavy atom. The normalized spacial score (nSPS) is 13.4. The highest BCUT2D eigenvalue weighted by atomic mass is 79.9. The third-order valence-electron chi connectivity index (χ3n) is 5.09. The highest BCUT2D eigenvalue weighted by Crippen LogP contribution is 2.24. The summed E-state index contributed by atoms with van der Waals surface area (Å²) >= 11 is 3.44. The van der Waals surface area contributed by atoms with Gasteiger partial charge in [0.15, 0.2) is 0 Å². The third-order valence-corrected chi connectivity index (χ3v) is 5.58. The molecular weight excluding hydrogens is 448 g/mol. The first kappa shape index (κ1) is 20.3. The Bertz CT molecular complexity index is 1230. The number of H-pyrrole nitrogens is 2. The average Bonchev–Trinajstić information content (AvgIpc) is 3.32. The van der Waals surface area contributed by atoms with Gasteiger partial charge in [-0.3, -0.25) is 0 Å². The molecule has 2 atom stereocenters. The number of aromatic nitrogens is 2. The largest absolute Gasteiger partial charge is 0.391 e. The van der Waals surface area contributed by atoms with Gasteiger partial charge in [0, 0.05) is 51.5 Å². The zero-order chi connectivity index (χ0) is 21.3. The molecule has 4 aromatic rings. The number of nitrogens with one attached hydrogen (secondary N) is 2. The fraction of sp³-hybridized carbons (Fsp3) is 0.182. The molecule has 0 spiro atoms. The summed E-state index contributed by atoms with van der Waals surface area (Å²) in [6.45, 7) is 0. The van der Waals surface area contributed by atoms with Crippen molar-refractivity contribution in [3.05, 3.63) is 70.5 Å². The maximum absolute atomic E-state index is 12.4. The smallest absolute Gasteiger partial charge is 0.330 e. The van der Waals surface area contributed by atoms with Crippen LogP contribution in [-0.4, -0.2) is 34.0 Å². The number of carbonyl (C=O) groups excluding carboxylic acids is 2. The van der Waals surface area contributed by atoms with E-state index in [0.717, 1.165) is 37.4 Å². The van der Waals surface area contributed by atoms with E-state index in [2.05, 4.69) is 25.9 Å². The van der Waals surface area contributed by atoms with Gasteiger partial charge in [-0.1, -0.05) is 34.1 Å². The number of benzene rings is 2. The van der Waals surface area contributed by atoms with E-state index >= 15 is 0 Å². The first-order valence-electron chi connectivity index (χ1n) is 9.49. The average molecular weight is 469 g/mol. The maximum atomic E-state index is 12.4. The van der Waals surface area contributed by atoms with Crippen LogP contribution in [0, 0.1) is 0 Å². The number of para-hydroxylation sites is 1. The highest BCUT2D eigenvalue weighted by molar-refractivity contribution is 9.10. The summed E-state index contributed by atoms with van der Waals surface area (Å²) in [6, 6.07) is 11.6. The van der Waals surface area contributed by atoms with Crippen LogP contribution in [0.15, 0.2) is 59.3 Å². The lowest BCUT2D eigenvalue weighted by molar-refractivity contribution is -0.161. The molecule has 0 aliphatic carbocycles. The van der Waals surface area contributed by atoms with Gasteiger partial charge >= 0.3 is 11.9 Å². The van der Waals surface area contributed by atoms with Crippen molar-refractivity contribution in [1.82, 2.24) is 9.97 Å².